The summed E-state index contributed by atoms with van der Waals surface area (Å²) in [7, 11) is 0. The topological polar surface area (TPSA) is 12.0 Å². The van der Waals surface area contributed by atoms with Gasteiger partial charge in [-0.1, -0.05) is 0 Å². The molecule has 0 aromatic carbocycles. The van der Waals surface area contributed by atoms with Gasteiger partial charge >= 0.3 is 0 Å². The molecule has 0 amide bonds. The van der Waals surface area contributed by atoms with Crippen LogP contribution in [0.15, 0.2) is 0 Å². The van der Waals surface area contributed by atoms with Crippen LogP contribution in [0.1, 0.15) is 19.3 Å². The van der Waals surface area contributed by atoms with Crippen LogP contribution in [0, 0.1) is 5.92 Å². The summed E-state index contributed by atoms with van der Waals surface area (Å²) in [5.74, 6) is 3.78. The summed E-state index contributed by atoms with van der Waals surface area (Å²) in [5, 5.41) is 3.62. The average Bonchev–Trinajstić information content (AvgIpc) is 2.63. The third kappa shape index (κ3) is 1.89. The van der Waals surface area contributed by atoms with Crippen LogP contribution in [0.3, 0.4) is 0 Å². The SMILES string of the molecule is C1CC(NCC2CC2)CS1. The molecular weight excluding hydrogens is 142 g/mol. The number of rotatable bonds is 3. The van der Waals surface area contributed by atoms with E-state index in [0.29, 0.717) is 0 Å². The van der Waals surface area contributed by atoms with Gasteiger partial charge in [-0.2, -0.15) is 11.8 Å². The van der Waals surface area contributed by atoms with Crippen molar-refractivity contribution in [1.29, 1.82) is 0 Å². The number of hydrogen-bond donors (Lipinski definition) is 1. The molecule has 1 N–H and O–H groups in total. The average molecular weight is 157 g/mol. The van der Waals surface area contributed by atoms with Crippen LogP contribution < -0.4 is 5.32 Å². The number of nitrogens with one attached hydrogen (secondary N) is 1. The van der Waals surface area contributed by atoms with E-state index in [4.69, 9.17) is 0 Å². The zero-order chi connectivity index (χ0) is 6.81. The molecule has 0 aromatic heterocycles. The third-order valence-corrected chi connectivity index (χ3v) is 3.48. The van der Waals surface area contributed by atoms with Crippen molar-refractivity contribution in [1.82, 2.24) is 5.32 Å². The largest absolute Gasteiger partial charge is 0.313 e. The van der Waals surface area contributed by atoms with Gasteiger partial charge in [0.1, 0.15) is 0 Å². The normalized spacial score (nSPS) is 33.0. The van der Waals surface area contributed by atoms with Crippen molar-refractivity contribution >= 4 is 11.8 Å². The maximum absolute atomic E-state index is 3.62. The van der Waals surface area contributed by atoms with E-state index in [1.807, 2.05) is 0 Å². The van der Waals surface area contributed by atoms with Crippen molar-refractivity contribution in [2.45, 2.75) is 25.3 Å². The first-order valence-electron chi connectivity index (χ1n) is 4.26. The highest BCUT2D eigenvalue weighted by atomic mass is 32.2. The van der Waals surface area contributed by atoms with E-state index in [1.54, 1.807) is 0 Å². The molecule has 1 nitrogen and oxygen atoms in total. The first-order valence-corrected chi connectivity index (χ1v) is 5.42. The molecular formula is C8H15NS. The highest BCUT2D eigenvalue weighted by Gasteiger charge is 2.23. The van der Waals surface area contributed by atoms with Gasteiger partial charge < -0.3 is 5.32 Å². The summed E-state index contributed by atoms with van der Waals surface area (Å²) in [6.45, 7) is 1.30. The summed E-state index contributed by atoms with van der Waals surface area (Å²) in [5.41, 5.74) is 0. The Morgan fingerprint density at radius 1 is 1.30 bits per heavy atom. The highest BCUT2D eigenvalue weighted by molar-refractivity contribution is 7.99. The van der Waals surface area contributed by atoms with E-state index in [0.717, 1.165) is 12.0 Å². The Kier molecular flexibility index (Phi) is 2.19. The third-order valence-electron chi connectivity index (χ3n) is 2.32. The molecule has 1 aliphatic carbocycles. The molecule has 0 aromatic rings. The van der Waals surface area contributed by atoms with E-state index >= 15 is 0 Å². The summed E-state index contributed by atoms with van der Waals surface area (Å²) < 4.78 is 0. The monoisotopic (exact) mass is 157 g/mol. The quantitative estimate of drug-likeness (QED) is 0.666. The van der Waals surface area contributed by atoms with E-state index in [9.17, 15) is 0 Å². The molecule has 2 fully saturated rings. The molecule has 1 saturated heterocycles. The van der Waals surface area contributed by atoms with Gasteiger partial charge in [-0.25, -0.2) is 0 Å². The summed E-state index contributed by atoms with van der Waals surface area (Å²) in [6.07, 6.45) is 4.36. The van der Waals surface area contributed by atoms with Crippen molar-refractivity contribution in [3.8, 4) is 0 Å². The van der Waals surface area contributed by atoms with Crippen LogP contribution in [0.25, 0.3) is 0 Å². The molecule has 0 spiro atoms. The van der Waals surface area contributed by atoms with Gasteiger partial charge in [-0.05, 0) is 37.5 Å². The van der Waals surface area contributed by atoms with Crippen LogP contribution in [0.2, 0.25) is 0 Å². The Hall–Kier alpha value is 0.310. The standard InChI is InChI=1S/C8H15NS/c1-2-7(1)5-9-8-3-4-10-6-8/h7-9H,1-6H2. The number of thioether (sulfide) groups is 1. The Morgan fingerprint density at radius 2 is 2.20 bits per heavy atom. The van der Waals surface area contributed by atoms with E-state index in [2.05, 4.69) is 17.1 Å². The van der Waals surface area contributed by atoms with Gasteiger partial charge in [0.25, 0.3) is 0 Å². The zero-order valence-corrected chi connectivity index (χ0v) is 7.12. The van der Waals surface area contributed by atoms with E-state index < -0.39 is 0 Å². The fourth-order valence-electron chi connectivity index (χ4n) is 1.35. The molecule has 0 bridgehead atoms. The smallest absolute Gasteiger partial charge is 0.0166 e. The van der Waals surface area contributed by atoms with Crippen LogP contribution in [0.5, 0.6) is 0 Å². The lowest BCUT2D eigenvalue weighted by molar-refractivity contribution is 0.536. The highest BCUT2D eigenvalue weighted by Crippen LogP contribution is 2.28. The fourth-order valence-corrected chi connectivity index (χ4v) is 2.54. The van der Waals surface area contributed by atoms with Crippen LogP contribution in [-0.4, -0.2) is 24.1 Å². The van der Waals surface area contributed by atoms with Crippen molar-refractivity contribution in [2.24, 2.45) is 5.92 Å². The fraction of sp³-hybridized carbons (Fsp3) is 1.00. The minimum absolute atomic E-state index is 0.852. The Balaban J connectivity index is 1.59. The molecule has 1 aliphatic heterocycles. The molecule has 1 saturated carbocycles. The molecule has 58 valence electrons. The predicted molar refractivity (Wildman–Crippen MR) is 46.5 cm³/mol. The summed E-state index contributed by atoms with van der Waals surface area (Å²) in [4.78, 5) is 0. The van der Waals surface area contributed by atoms with Crippen LogP contribution in [0.4, 0.5) is 0 Å². The van der Waals surface area contributed by atoms with Crippen molar-refractivity contribution in [3.05, 3.63) is 0 Å². The molecule has 2 aliphatic rings. The molecule has 0 radical (unpaired) electrons. The van der Waals surface area contributed by atoms with Crippen molar-refractivity contribution in [2.75, 3.05) is 18.1 Å². The molecule has 2 rings (SSSR count). The van der Waals surface area contributed by atoms with Gasteiger partial charge in [0.05, 0.1) is 0 Å². The molecule has 10 heavy (non-hydrogen) atoms. The van der Waals surface area contributed by atoms with Crippen molar-refractivity contribution in [3.63, 3.8) is 0 Å². The lowest BCUT2D eigenvalue weighted by Gasteiger charge is -2.09. The van der Waals surface area contributed by atoms with Gasteiger partial charge in [-0.15, -0.1) is 0 Å². The molecule has 2 heteroatoms. The molecule has 1 unspecified atom stereocenters. The lowest BCUT2D eigenvalue weighted by Crippen LogP contribution is -2.30. The maximum atomic E-state index is 3.62. The zero-order valence-electron chi connectivity index (χ0n) is 6.31. The second-order valence-corrected chi connectivity index (χ2v) is 4.56. The first-order chi connectivity index (χ1) is 4.95. The molecule has 1 heterocycles. The number of hydrogen-bond acceptors (Lipinski definition) is 2. The van der Waals surface area contributed by atoms with E-state index in [-0.39, 0.29) is 0 Å². The summed E-state index contributed by atoms with van der Waals surface area (Å²) >= 11 is 2.09. The first kappa shape index (κ1) is 6.99. The van der Waals surface area contributed by atoms with E-state index in [1.165, 1.54) is 37.3 Å². The Bertz CT molecular complexity index is 106. The molecule has 1 atom stereocenters. The van der Waals surface area contributed by atoms with Gasteiger partial charge in [0.2, 0.25) is 0 Å². The van der Waals surface area contributed by atoms with Crippen LogP contribution >= 0.6 is 11.8 Å². The van der Waals surface area contributed by atoms with Gasteiger partial charge in [0.15, 0.2) is 0 Å². The minimum atomic E-state index is 0.852. The van der Waals surface area contributed by atoms with Gasteiger partial charge in [-0.3, -0.25) is 0 Å². The van der Waals surface area contributed by atoms with Crippen LogP contribution in [-0.2, 0) is 0 Å². The van der Waals surface area contributed by atoms with Gasteiger partial charge in [0, 0.05) is 11.8 Å². The Labute approximate surface area is 67.0 Å². The maximum Gasteiger partial charge on any atom is 0.0166 e. The second kappa shape index (κ2) is 3.14. The summed E-state index contributed by atoms with van der Waals surface area (Å²) in [6, 6.07) is 0.852. The predicted octanol–water partition coefficient (Wildman–Crippen LogP) is 1.49. The minimum Gasteiger partial charge on any atom is -0.313 e. The Morgan fingerprint density at radius 3 is 2.80 bits per heavy atom. The van der Waals surface area contributed by atoms with Crippen molar-refractivity contribution < 1.29 is 0 Å². The second-order valence-electron chi connectivity index (χ2n) is 3.41. The lowest BCUT2D eigenvalue weighted by atomic mass is 10.2.